The molecule has 11 aromatic rings. The second kappa shape index (κ2) is 11.7. The number of rotatable bonds is 5. The van der Waals surface area contributed by atoms with Crippen molar-refractivity contribution in [1.82, 2.24) is 0 Å². The van der Waals surface area contributed by atoms with Crippen molar-refractivity contribution in [2.75, 3.05) is 4.90 Å². The molecule has 3 heteroatoms. The zero-order valence-electron chi connectivity index (χ0n) is 28.7. The average molecular weight is 678 g/mol. The van der Waals surface area contributed by atoms with Crippen LogP contribution in [0.1, 0.15) is 0 Å². The molecule has 2 aromatic heterocycles. The molecule has 0 unspecified atom stereocenters. The molecule has 0 aliphatic heterocycles. The van der Waals surface area contributed by atoms with Crippen molar-refractivity contribution in [2.24, 2.45) is 0 Å². The number of anilines is 3. The third-order valence-electron chi connectivity index (χ3n) is 10.6. The second-order valence-corrected chi connectivity index (χ2v) is 13.7. The largest absolute Gasteiger partial charge is 0.456 e. The van der Waals surface area contributed by atoms with Crippen molar-refractivity contribution < 1.29 is 8.83 Å². The van der Waals surface area contributed by atoms with E-state index in [-0.39, 0.29) is 0 Å². The first kappa shape index (κ1) is 29.6. The van der Waals surface area contributed by atoms with Gasteiger partial charge in [-0.15, -0.1) is 0 Å². The first-order chi connectivity index (χ1) is 26.3. The van der Waals surface area contributed by atoms with Crippen LogP contribution < -0.4 is 4.90 Å². The van der Waals surface area contributed by atoms with E-state index in [2.05, 4.69) is 175 Å². The van der Waals surface area contributed by atoms with E-state index in [9.17, 15) is 0 Å². The van der Waals surface area contributed by atoms with Gasteiger partial charge in [-0.3, -0.25) is 0 Å². The normalized spacial score (nSPS) is 11.8. The van der Waals surface area contributed by atoms with Crippen molar-refractivity contribution in [1.29, 1.82) is 0 Å². The molecule has 0 bridgehead atoms. The maximum atomic E-state index is 6.54. The Morgan fingerprint density at radius 3 is 1.77 bits per heavy atom. The van der Waals surface area contributed by atoms with E-state index >= 15 is 0 Å². The summed E-state index contributed by atoms with van der Waals surface area (Å²) >= 11 is 0. The van der Waals surface area contributed by atoms with E-state index in [0.29, 0.717) is 0 Å². The fraction of sp³-hybridized carbons (Fsp3) is 0. The average Bonchev–Trinajstić information content (AvgIpc) is 3.80. The van der Waals surface area contributed by atoms with Crippen LogP contribution in [-0.2, 0) is 0 Å². The molecule has 248 valence electrons. The van der Waals surface area contributed by atoms with E-state index in [0.717, 1.165) is 77.5 Å². The highest BCUT2D eigenvalue weighted by Crippen LogP contribution is 2.46. The molecular formula is C50H31NO2. The minimum atomic E-state index is 0.858. The number of para-hydroxylation sites is 2. The molecule has 53 heavy (non-hydrogen) atoms. The van der Waals surface area contributed by atoms with E-state index in [4.69, 9.17) is 8.83 Å². The van der Waals surface area contributed by atoms with Gasteiger partial charge in [0.2, 0.25) is 0 Å². The van der Waals surface area contributed by atoms with Crippen molar-refractivity contribution in [2.45, 2.75) is 0 Å². The number of benzene rings is 9. The summed E-state index contributed by atoms with van der Waals surface area (Å²) in [6.07, 6.45) is 0. The first-order valence-corrected chi connectivity index (χ1v) is 18.0. The van der Waals surface area contributed by atoms with Gasteiger partial charge >= 0.3 is 0 Å². The molecule has 0 fully saturated rings. The predicted octanol–water partition coefficient (Wildman–Crippen LogP) is 14.6. The lowest BCUT2D eigenvalue weighted by Gasteiger charge is -2.27. The highest BCUT2D eigenvalue weighted by molar-refractivity contribution is 6.23. The number of furan rings is 2. The summed E-state index contributed by atoms with van der Waals surface area (Å²) in [5.74, 6) is 0. The van der Waals surface area contributed by atoms with Crippen LogP contribution in [0, 0.1) is 0 Å². The van der Waals surface area contributed by atoms with Crippen molar-refractivity contribution in [3.05, 3.63) is 188 Å². The molecule has 2 heterocycles. The minimum Gasteiger partial charge on any atom is -0.456 e. The quantitative estimate of drug-likeness (QED) is 0.182. The summed E-state index contributed by atoms with van der Waals surface area (Å²) < 4.78 is 13.0. The van der Waals surface area contributed by atoms with Crippen LogP contribution in [0.2, 0.25) is 0 Å². The number of hydrogen-bond donors (Lipinski definition) is 0. The zero-order valence-corrected chi connectivity index (χ0v) is 28.7. The van der Waals surface area contributed by atoms with Crippen molar-refractivity contribution in [3.63, 3.8) is 0 Å². The fourth-order valence-corrected chi connectivity index (χ4v) is 8.16. The van der Waals surface area contributed by atoms with E-state index in [1.165, 1.54) is 27.3 Å². The van der Waals surface area contributed by atoms with Gasteiger partial charge < -0.3 is 13.7 Å². The Morgan fingerprint density at radius 1 is 0.321 bits per heavy atom. The zero-order chi connectivity index (χ0) is 34.9. The molecule has 0 spiro atoms. The molecule has 3 nitrogen and oxygen atoms in total. The number of nitrogens with zero attached hydrogens (tertiary/aromatic N) is 1. The third-order valence-corrected chi connectivity index (χ3v) is 10.6. The Morgan fingerprint density at radius 2 is 0.962 bits per heavy atom. The lowest BCUT2D eigenvalue weighted by Crippen LogP contribution is -2.10. The smallest absolute Gasteiger partial charge is 0.137 e. The Labute approximate surface area is 305 Å². The van der Waals surface area contributed by atoms with E-state index in [1.54, 1.807) is 0 Å². The Balaban J connectivity index is 1.17. The van der Waals surface area contributed by atoms with Crippen LogP contribution >= 0.6 is 0 Å². The Kier molecular flexibility index (Phi) is 6.55. The van der Waals surface area contributed by atoms with Crippen molar-refractivity contribution >= 4 is 82.5 Å². The Bertz CT molecular complexity index is 3170. The number of hydrogen-bond acceptors (Lipinski definition) is 3. The summed E-state index contributed by atoms with van der Waals surface area (Å²) in [5, 5.41) is 9.20. The fourth-order valence-electron chi connectivity index (χ4n) is 8.16. The highest BCUT2D eigenvalue weighted by atomic mass is 16.3. The van der Waals surface area contributed by atoms with Crippen LogP contribution in [-0.4, -0.2) is 0 Å². The molecule has 0 saturated carbocycles. The van der Waals surface area contributed by atoms with E-state index < -0.39 is 0 Å². The molecule has 0 aliphatic carbocycles. The molecule has 0 aliphatic rings. The molecule has 0 N–H and O–H groups in total. The van der Waals surface area contributed by atoms with Gasteiger partial charge in [-0.25, -0.2) is 0 Å². The van der Waals surface area contributed by atoms with Crippen LogP contribution in [0.4, 0.5) is 17.1 Å². The van der Waals surface area contributed by atoms with Crippen LogP contribution in [0.5, 0.6) is 0 Å². The summed E-state index contributed by atoms with van der Waals surface area (Å²) in [4.78, 5) is 2.37. The van der Waals surface area contributed by atoms with Gasteiger partial charge in [0.05, 0.1) is 11.1 Å². The lowest BCUT2D eigenvalue weighted by atomic mass is 9.94. The van der Waals surface area contributed by atoms with Gasteiger partial charge in [0.25, 0.3) is 0 Å². The van der Waals surface area contributed by atoms with Gasteiger partial charge in [-0.1, -0.05) is 127 Å². The molecule has 0 amide bonds. The molecule has 0 atom stereocenters. The van der Waals surface area contributed by atoms with Crippen LogP contribution in [0.15, 0.2) is 197 Å². The summed E-state index contributed by atoms with van der Waals surface area (Å²) in [6.45, 7) is 0. The van der Waals surface area contributed by atoms with Gasteiger partial charge in [0.1, 0.15) is 22.3 Å². The monoisotopic (exact) mass is 677 g/mol. The molecular weight excluding hydrogens is 647 g/mol. The third kappa shape index (κ3) is 4.75. The molecule has 0 saturated heterocycles. The predicted molar refractivity (Wildman–Crippen MR) is 222 cm³/mol. The summed E-state index contributed by atoms with van der Waals surface area (Å²) in [6, 6.07) is 66.8. The molecule has 9 aromatic carbocycles. The van der Waals surface area contributed by atoms with Crippen LogP contribution in [0.25, 0.3) is 87.7 Å². The lowest BCUT2D eigenvalue weighted by molar-refractivity contribution is 0.668. The van der Waals surface area contributed by atoms with Gasteiger partial charge in [0.15, 0.2) is 0 Å². The van der Waals surface area contributed by atoms with Gasteiger partial charge in [-0.05, 0) is 104 Å². The molecule has 0 radical (unpaired) electrons. The Hall–Kier alpha value is -7.10. The minimum absolute atomic E-state index is 0.858. The summed E-state index contributed by atoms with van der Waals surface area (Å²) in [5.41, 5.74) is 11.3. The maximum absolute atomic E-state index is 6.54. The maximum Gasteiger partial charge on any atom is 0.137 e. The SMILES string of the molecule is c1ccc(-c2cc3oc4ccccc4c3c3cc(N(c4ccc(-c5ccc6ccccc6c5)cc4)c4cccc5oc6ccccc6c45)ccc23)cc1. The van der Waals surface area contributed by atoms with Crippen molar-refractivity contribution in [3.8, 4) is 22.3 Å². The number of fused-ring (bicyclic) bond motifs is 9. The first-order valence-electron chi connectivity index (χ1n) is 18.0. The van der Waals surface area contributed by atoms with Gasteiger partial charge in [0, 0.05) is 27.5 Å². The second-order valence-electron chi connectivity index (χ2n) is 13.7. The standard InChI is InChI=1S/C50H31NO2/c1-2-12-34(13-3-1)42-31-48-49(40-15-6-8-18-45(40)53-48)43-30-38(27-28-39(42)43)51(44-17-10-20-47-50(44)41-16-7-9-19-46(41)52-47)37-25-23-33(24-26-37)36-22-21-32-11-4-5-14-35(32)29-36/h1-31H. The van der Waals surface area contributed by atoms with E-state index in [1.807, 2.05) is 18.2 Å². The van der Waals surface area contributed by atoms with Gasteiger partial charge in [-0.2, -0.15) is 0 Å². The topological polar surface area (TPSA) is 29.5 Å². The van der Waals surface area contributed by atoms with Crippen LogP contribution in [0.3, 0.4) is 0 Å². The highest BCUT2D eigenvalue weighted by Gasteiger charge is 2.22. The summed E-state index contributed by atoms with van der Waals surface area (Å²) in [7, 11) is 0. The molecule has 11 rings (SSSR count).